The van der Waals surface area contributed by atoms with Crippen LogP contribution < -0.4 is 10.1 Å². The quantitative estimate of drug-likeness (QED) is 0.577. The summed E-state index contributed by atoms with van der Waals surface area (Å²) in [5.74, 6) is 0.615. The third kappa shape index (κ3) is 5.04. The Bertz CT molecular complexity index is 830. The number of nitrogens with zero attached hydrogens (tertiary/aromatic N) is 1. The van der Waals surface area contributed by atoms with Gasteiger partial charge in [-0.1, -0.05) is 12.1 Å². The number of benzene rings is 2. The number of rotatable bonds is 8. The van der Waals surface area contributed by atoms with Crippen LogP contribution in [-0.4, -0.2) is 45.8 Å². The van der Waals surface area contributed by atoms with Crippen LogP contribution in [0.2, 0.25) is 0 Å². The lowest BCUT2D eigenvalue weighted by Gasteiger charge is -2.12. The largest absolute Gasteiger partial charge is 0.492 e. The number of hydrogen-bond acceptors (Lipinski definition) is 5. The predicted molar refractivity (Wildman–Crippen MR) is 97.7 cm³/mol. The second-order valence-electron chi connectivity index (χ2n) is 5.67. The summed E-state index contributed by atoms with van der Waals surface area (Å²) in [6, 6.07) is 13.6. The van der Waals surface area contributed by atoms with E-state index in [1.165, 1.54) is 37.5 Å². The molecule has 134 valence electrons. The molecule has 0 spiro atoms. The third-order valence-corrected chi connectivity index (χ3v) is 5.40. The molecule has 0 aliphatic carbocycles. The van der Waals surface area contributed by atoms with Gasteiger partial charge in [-0.15, -0.1) is 0 Å². The molecular weight excluding hydrogens is 340 g/mol. The van der Waals surface area contributed by atoms with Crippen LogP contribution >= 0.6 is 0 Å². The summed E-state index contributed by atoms with van der Waals surface area (Å²) in [6.45, 7) is 2.49. The number of ether oxygens (including phenoxy) is 1. The average Bonchev–Trinajstić information content (AvgIpc) is 2.59. The van der Waals surface area contributed by atoms with Crippen LogP contribution in [0.4, 0.5) is 5.69 Å². The topological polar surface area (TPSA) is 75.7 Å². The Morgan fingerprint density at radius 3 is 2.40 bits per heavy atom. The van der Waals surface area contributed by atoms with Crippen molar-refractivity contribution in [3.05, 3.63) is 54.1 Å². The van der Waals surface area contributed by atoms with E-state index >= 15 is 0 Å². The van der Waals surface area contributed by atoms with Gasteiger partial charge in [0.2, 0.25) is 10.0 Å². The summed E-state index contributed by atoms with van der Waals surface area (Å²) in [5, 5.41) is 3.18. The van der Waals surface area contributed by atoms with Crippen molar-refractivity contribution < 1.29 is 17.9 Å². The number of anilines is 1. The van der Waals surface area contributed by atoms with Crippen molar-refractivity contribution >= 4 is 21.5 Å². The second kappa shape index (κ2) is 8.13. The van der Waals surface area contributed by atoms with Crippen LogP contribution in [0.3, 0.4) is 0 Å². The maximum atomic E-state index is 12.0. The average molecular weight is 362 g/mol. The third-order valence-electron chi connectivity index (χ3n) is 3.57. The summed E-state index contributed by atoms with van der Waals surface area (Å²) in [6.07, 6.45) is 0. The highest BCUT2D eigenvalue weighted by atomic mass is 32.2. The highest BCUT2D eigenvalue weighted by Gasteiger charge is 2.16. The van der Waals surface area contributed by atoms with E-state index < -0.39 is 10.0 Å². The minimum Gasteiger partial charge on any atom is -0.492 e. The molecule has 0 saturated carbocycles. The molecule has 0 radical (unpaired) electrons. The molecule has 1 N–H and O–H groups in total. The van der Waals surface area contributed by atoms with Crippen LogP contribution in [0, 0.1) is 0 Å². The fourth-order valence-electron chi connectivity index (χ4n) is 2.13. The van der Waals surface area contributed by atoms with Gasteiger partial charge in [0.15, 0.2) is 5.78 Å². The van der Waals surface area contributed by atoms with Gasteiger partial charge in [0, 0.05) is 31.9 Å². The highest BCUT2D eigenvalue weighted by Crippen LogP contribution is 2.18. The molecule has 0 saturated heterocycles. The van der Waals surface area contributed by atoms with Crippen LogP contribution in [0.15, 0.2) is 53.4 Å². The van der Waals surface area contributed by atoms with E-state index in [1.54, 1.807) is 24.3 Å². The molecular formula is C18H22N2O4S. The fourth-order valence-corrected chi connectivity index (χ4v) is 3.03. The van der Waals surface area contributed by atoms with Crippen molar-refractivity contribution in [2.75, 3.05) is 32.6 Å². The Balaban J connectivity index is 1.86. The molecule has 0 bridgehead atoms. The van der Waals surface area contributed by atoms with Gasteiger partial charge in [-0.3, -0.25) is 4.79 Å². The van der Waals surface area contributed by atoms with Gasteiger partial charge in [0.25, 0.3) is 0 Å². The molecule has 6 nitrogen and oxygen atoms in total. The lowest BCUT2D eigenvalue weighted by Crippen LogP contribution is -2.22. The molecule has 7 heteroatoms. The molecule has 0 aromatic heterocycles. The van der Waals surface area contributed by atoms with Crippen molar-refractivity contribution in [1.29, 1.82) is 0 Å². The van der Waals surface area contributed by atoms with Gasteiger partial charge in [0.05, 0.1) is 4.90 Å². The molecule has 0 amide bonds. The summed E-state index contributed by atoms with van der Waals surface area (Å²) in [4.78, 5) is 11.6. The molecule has 0 unspecified atom stereocenters. The number of carbonyl (C=O) groups is 1. The Morgan fingerprint density at radius 2 is 1.80 bits per heavy atom. The SMILES string of the molecule is CC(=O)c1cccc(NCCOc2ccc(S(=O)(=O)N(C)C)cc2)c1. The number of hydrogen-bond donors (Lipinski definition) is 1. The van der Waals surface area contributed by atoms with Gasteiger partial charge in [-0.25, -0.2) is 12.7 Å². The van der Waals surface area contributed by atoms with Crippen molar-refractivity contribution in [1.82, 2.24) is 4.31 Å². The van der Waals surface area contributed by atoms with Crippen LogP contribution in [0.1, 0.15) is 17.3 Å². The van der Waals surface area contributed by atoms with E-state index in [0.717, 1.165) is 5.69 Å². The molecule has 0 fully saturated rings. The molecule has 0 atom stereocenters. The smallest absolute Gasteiger partial charge is 0.242 e. The minimum absolute atomic E-state index is 0.0210. The fraction of sp³-hybridized carbons (Fsp3) is 0.278. The van der Waals surface area contributed by atoms with E-state index in [1.807, 2.05) is 12.1 Å². The molecule has 0 aliphatic rings. The van der Waals surface area contributed by atoms with Crippen molar-refractivity contribution in [3.63, 3.8) is 0 Å². The monoisotopic (exact) mass is 362 g/mol. The Morgan fingerprint density at radius 1 is 1.12 bits per heavy atom. The summed E-state index contributed by atoms with van der Waals surface area (Å²) >= 11 is 0. The van der Waals surface area contributed by atoms with E-state index in [2.05, 4.69) is 5.32 Å². The first-order chi connectivity index (χ1) is 11.8. The Labute approximate surface area is 148 Å². The maximum absolute atomic E-state index is 12.0. The van der Waals surface area contributed by atoms with Gasteiger partial charge >= 0.3 is 0 Å². The maximum Gasteiger partial charge on any atom is 0.242 e. The first kappa shape index (κ1) is 19.0. The van der Waals surface area contributed by atoms with E-state index in [4.69, 9.17) is 4.74 Å². The van der Waals surface area contributed by atoms with Crippen molar-refractivity contribution in [2.24, 2.45) is 0 Å². The highest BCUT2D eigenvalue weighted by molar-refractivity contribution is 7.89. The van der Waals surface area contributed by atoms with Crippen LogP contribution in [0.5, 0.6) is 5.75 Å². The van der Waals surface area contributed by atoms with Gasteiger partial charge in [-0.05, 0) is 43.3 Å². The Hall–Kier alpha value is -2.38. The van der Waals surface area contributed by atoms with Gasteiger partial charge in [0.1, 0.15) is 12.4 Å². The number of carbonyl (C=O) groups excluding carboxylic acids is 1. The lowest BCUT2D eigenvalue weighted by molar-refractivity contribution is 0.101. The normalized spacial score (nSPS) is 11.4. The van der Waals surface area contributed by atoms with E-state index in [9.17, 15) is 13.2 Å². The molecule has 25 heavy (non-hydrogen) atoms. The summed E-state index contributed by atoms with van der Waals surface area (Å²) < 4.78 is 30.7. The first-order valence-electron chi connectivity index (χ1n) is 7.81. The van der Waals surface area contributed by atoms with Gasteiger partial charge < -0.3 is 10.1 Å². The van der Waals surface area contributed by atoms with E-state index in [-0.39, 0.29) is 10.7 Å². The summed E-state index contributed by atoms with van der Waals surface area (Å²) in [5.41, 5.74) is 1.51. The summed E-state index contributed by atoms with van der Waals surface area (Å²) in [7, 11) is -0.443. The second-order valence-corrected chi connectivity index (χ2v) is 7.82. The first-order valence-corrected chi connectivity index (χ1v) is 9.25. The number of nitrogens with one attached hydrogen (secondary N) is 1. The molecule has 0 aliphatic heterocycles. The molecule has 0 heterocycles. The lowest BCUT2D eigenvalue weighted by atomic mass is 10.1. The standard InChI is InChI=1S/C18H22N2O4S/c1-14(21)15-5-4-6-16(13-15)19-11-12-24-17-7-9-18(10-8-17)25(22,23)20(2)3/h4-10,13,19H,11-12H2,1-3H3. The van der Waals surface area contributed by atoms with E-state index in [0.29, 0.717) is 24.5 Å². The predicted octanol–water partition coefficient (Wildman–Crippen LogP) is 2.63. The van der Waals surface area contributed by atoms with Crippen molar-refractivity contribution in [2.45, 2.75) is 11.8 Å². The minimum atomic E-state index is -3.43. The molecule has 2 aromatic carbocycles. The number of sulfonamides is 1. The number of Topliss-reactive ketones (excluding diaryl/α,β-unsaturated/α-hetero) is 1. The van der Waals surface area contributed by atoms with Crippen LogP contribution in [0.25, 0.3) is 0 Å². The molecule has 2 rings (SSSR count). The molecule has 2 aromatic rings. The zero-order valence-electron chi connectivity index (χ0n) is 14.5. The zero-order valence-corrected chi connectivity index (χ0v) is 15.3. The Kier molecular flexibility index (Phi) is 6.17. The van der Waals surface area contributed by atoms with Crippen molar-refractivity contribution in [3.8, 4) is 5.75 Å². The van der Waals surface area contributed by atoms with Crippen LogP contribution in [-0.2, 0) is 10.0 Å². The number of ketones is 1. The van der Waals surface area contributed by atoms with Gasteiger partial charge in [-0.2, -0.15) is 0 Å². The zero-order chi connectivity index (χ0) is 18.4.